The molecule has 4 rings (SSSR count). The monoisotopic (exact) mass is 426 g/mol. The molecule has 0 radical (unpaired) electrons. The lowest BCUT2D eigenvalue weighted by Gasteiger charge is -2.33. The van der Waals surface area contributed by atoms with Crippen LogP contribution in [0.25, 0.3) is 0 Å². The molecule has 0 N–H and O–H groups in total. The minimum atomic E-state index is -4.15. The number of fused-ring (bicyclic) bond motifs is 1. The minimum Gasteiger partial charge on any atom is -0.335 e. The Morgan fingerprint density at radius 3 is 2.43 bits per heavy atom. The molecular weight excluding hydrogens is 406 g/mol. The Morgan fingerprint density at radius 1 is 1.00 bits per heavy atom. The van der Waals surface area contributed by atoms with E-state index < -0.39 is 26.6 Å². The Balaban J connectivity index is 1.46. The molecule has 28 heavy (non-hydrogen) atoms. The van der Waals surface area contributed by atoms with Crippen LogP contribution in [0.4, 0.5) is 8.78 Å². The number of carbonyl (C=O) groups is 1. The van der Waals surface area contributed by atoms with E-state index in [1.54, 1.807) is 4.90 Å². The van der Waals surface area contributed by atoms with Gasteiger partial charge in [-0.25, -0.2) is 17.2 Å². The zero-order chi connectivity index (χ0) is 19.9. The van der Waals surface area contributed by atoms with Gasteiger partial charge in [-0.2, -0.15) is 4.31 Å². The molecule has 2 heterocycles. The first-order valence-corrected chi connectivity index (χ1v) is 11.5. The van der Waals surface area contributed by atoms with E-state index >= 15 is 0 Å². The number of nitrogens with zero attached hydrogens (tertiary/aromatic N) is 2. The summed E-state index contributed by atoms with van der Waals surface area (Å²) < 4.78 is 53.7. The van der Waals surface area contributed by atoms with Crippen molar-refractivity contribution in [2.45, 2.75) is 30.6 Å². The van der Waals surface area contributed by atoms with Gasteiger partial charge in [0.15, 0.2) is 0 Å². The molecule has 2 aromatic rings. The molecular formula is C19H20F2N2O3S2. The third-order valence-corrected chi connectivity index (χ3v) is 8.38. The second-order valence-electron chi connectivity index (χ2n) is 7.04. The van der Waals surface area contributed by atoms with E-state index in [0.717, 1.165) is 42.1 Å². The molecule has 1 aromatic heterocycles. The van der Waals surface area contributed by atoms with E-state index in [1.165, 1.54) is 21.8 Å². The minimum absolute atomic E-state index is 0.0507. The number of rotatable bonds is 3. The van der Waals surface area contributed by atoms with Gasteiger partial charge in [0.2, 0.25) is 10.0 Å². The number of halogens is 2. The number of hydrogen-bond donors (Lipinski definition) is 0. The van der Waals surface area contributed by atoms with E-state index in [1.807, 2.05) is 6.07 Å². The van der Waals surface area contributed by atoms with E-state index in [2.05, 4.69) is 0 Å². The van der Waals surface area contributed by atoms with Crippen LogP contribution in [-0.4, -0.2) is 49.7 Å². The molecule has 9 heteroatoms. The Morgan fingerprint density at radius 2 is 1.71 bits per heavy atom. The van der Waals surface area contributed by atoms with Crippen LogP contribution in [0.2, 0.25) is 0 Å². The van der Waals surface area contributed by atoms with Gasteiger partial charge < -0.3 is 4.90 Å². The predicted octanol–water partition coefficient (Wildman–Crippen LogP) is 3.05. The maximum atomic E-state index is 13.9. The van der Waals surface area contributed by atoms with Crippen molar-refractivity contribution in [2.75, 3.05) is 26.2 Å². The first kappa shape index (κ1) is 19.5. The molecule has 1 saturated heterocycles. The summed E-state index contributed by atoms with van der Waals surface area (Å²) in [6.45, 7) is 0.541. The van der Waals surface area contributed by atoms with E-state index in [0.29, 0.717) is 10.9 Å². The number of piperazine rings is 1. The van der Waals surface area contributed by atoms with Gasteiger partial charge in [0.1, 0.15) is 16.5 Å². The van der Waals surface area contributed by atoms with Gasteiger partial charge in [-0.05, 0) is 55.5 Å². The first-order valence-electron chi connectivity index (χ1n) is 9.22. The number of hydrogen-bond acceptors (Lipinski definition) is 4. The highest BCUT2D eigenvalue weighted by atomic mass is 32.2. The zero-order valence-electron chi connectivity index (χ0n) is 15.2. The molecule has 2 aliphatic rings. The summed E-state index contributed by atoms with van der Waals surface area (Å²) in [4.78, 5) is 15.7. The number of thiophene rings is 1. The van der Waals surface area contributed by atoms with Crippen LogP contribution >= 0.6 is 11.3 Å². The standard InChI is InChI=1S/C19H20F2N2O3S2/c20-14-5-6-15(21)18(12-14)28(25,26)23-9-7-22(8-10-23)19(24)17-11-13-3-1-2-4-16(13)27-17/h5-6,11-12H,1-4,7-10H2. The van der Waals surface area contributed by atoms with Crippen LogP contribution in [0.1, 0.15) is 33.0 Å². The van der Waals surface area contributed by atoms with Gasteiger partial charge in [-0.15, -0.1) is 11.3 Å². The van der Waals surface area contributed by atoms with Crippen molar-refractivity contribution in [3.63, 3.8) is 0 Å². The van der Waals surface area contributed by atoms with Crippen molar-refractivity contribution in [1.82, 2.24) is 9.21 Å². The summed E-state index contributed by atoms with van der Waals surface area (Å²) in [5, 5.41) is 0. The number of aryl methyl sites for hydroxylation is 2. The predicted molar refractivity (Wildman–Crippen MR) is 102 cm³/mol. The molecule has 0 bridgehead atoms. The summed E-state index contributed by atoms with van der Waals surface area (Å²) in [6, 6.07) is 4.34. The van der Waals surface area contributed by atoms with Crippen LogP contribution < -0.4 is 0 Å². The first-order chi connectivity index (χ1) is 13.4. The van der Waals surface area contributed by atoms with Gasteiger partial charge in [-0.3, -0.25) is 4.79 Å². The molecule has 1 aliphatic heterocycles. The molecule has 1 amide bonds. The van der Waals surface area contributed by atoms with Crippen molar-refractivity contribution in [3.8, 4) is 0 Å². The highest BCUT2D eigenvalue weighted by Crippen LogP contribution is 2.31. The Bertz CT molecular complexity index is 989. The van der Waals surface area contributed by atoms with Crippen LogP contribution in [-0.2, 0) is 22.9 Å². The number of benzene rings is 1. The second kappa shape index (κ2) is 7.53. The van der Waals surface area contributed by atoms with Gasteiger partial charge in [-0.1, -0.05) is 0 Å². The smallest absolute Gasteiger partial charge is 0.264 e. The fourth-order valence-electron chi connectivity index (χ4n) is 3.70. The highest BCUT2D eigenvalue weighted by Gasteiger charge is 2.33. The summed E-state index contributed by atoms with van der Waals surface area (Å²) >= 11 is 1.53. The summed E-state index contributed by atoms with van der Waals surface area (Å²) in [6.07, 6.45) is 4.31. The number of carbonyl (C=O) groups excluding carboxylic acids is 1. The lowest BCUT2D eigenvalue weighted by molar-refractivity contribution is 0.0702. The third-order valence-electron chi connectivity index (χ3n) is 5.24. The molecule has 0 unspecified atom stereocenters. The lowest BCUT2D eigenvalue weighted by Crippen LogP contribution is -2.50. The highest BCUT2D eigenvalue weighted by molar-refractivity contribution is 7.89. The van der Waals surface area contributed by atoms with Crippen LogP contribution in [0, 0.1) is 11.6 Å². The SMILES string of the molecule is O=C(c1cc2c(s1)CCCC2)N1CCN(S(=O)(=O)c2cc(F)ccc2F)CC1. The Kier molecular flexibility index (Phi) is 5.24. The Labute approximate surface area is 166 Å². The average molecular weight is 427 g/mol. The number of sulfonamides is 1. The van der Waals surface area contributed by atoms with E-state index in [9.17, 15) is 22.0 Å². The summed E-state index contributed by atoms with van der Waals surface area (Å²) in [5.74, 6) is -1.88. The van der Waals surface area contributed by atoms with Crippen LogP contribution in [0.3, 0.4) is 0 Å². The van der Waals surface area contributed by atoms with E-state index in [-0.39, 0.29) is 32.1 Å². The van der Waals surface area contributed by atoms with Gasteiger partial charge in [0.05, 0.1) is 4.88 Å². The maximum Gasteiger partial charge on any atom is 0.264 e. The molecule has 0 spiro atoms. The van der Waals surface area contributed by atoms with Crippen molar-refractivity contribution in [3.05, 3.63) is 51.2 Å². The van der Waals surface area contributed by atoms with Gasteiger partial charge >= 0.3 is 0 Å². The van der Waals surface area contributed by atoms with Crippen molar-refractivity contribution < 1.29 is 22.0 Å². The largest absolute Gasteiger partial charge is 0.335 e. The maximum absolute atomic E-state index is 13.9. The van der Waals surface area contributed by atoms with Crippen molar-refractivity contribution in [2.24, 2.45) is 0 Å². The molecule has 1 aliphatic carbocycles. The number of amides is 1. The molecule has 1 aromatic carbocycles. The van der Waals surface area contributed by atoms with Crippen LogP contribution in [0.5, 0.6) is 0 Å². The average Bonchev–Trinajstić information content (AvgIpc) is 3.13. The Hall–Kier alpha value is -1.84. The van der Waals surface area contributed by atoms with Crippen molar-refractivity contribution in [1.29, 1.82) is 0 Å². The molecule has 0 atom stereocenters. The normalized spacial score (nSPS) is 18.1. The molecule has 5 nitrogen and oxygen atoms in total. The third kappa shape index (κ3) is 3.58. The summed E-state index contributed by atoms with van der Waals surface area (Å²) in [5.41, 5.74) is 1.25. The van der Waals surface area contributed by atoms with Crippen molar-refractivity contribution >= 4 is 27.3 Å². The molecule has 1 fully saturated rings. The van der Waals surface area contributed by atoms with E-state index in [4.69, 9.17) is 0 Å². The fraction of sp³-hybridized carbons (Fsp3) is 0.421. The summed E-state index contributed by atoms with van der Waals surface area (Å²) in [7, 11) is -4.15. The zero-order valence-corrected chi connectivity index (χ0v) is 16.8. The molecule has 150 valence electrons. The fourth-order valence-corrected chi connectivity index (χ4v) is 6.42. The van der Waals surface area contributed by atoms with Gasteiger partial charge in [0.25, 0.3) is 5.91 Å². The molecule has 0 saturated carbocycles. The lowest BCUT2D eigenvalue weighted by atomic mass is 9.99. The topological polar surface area (TPSA) is 57.7 Å². The quantitative estimate of drug-likeness (QED) is 0.758. The van der Waals surface area contributed by atoms with Crippen LogP contribution in [0.15, 0.2) is 29.2 Å². The second-order valence-corrected chi connectivity index (χ2v) is 10.1. The van der Waals surface area contributed by atoms with Gasteiger partial charge in [0, 0.05) is 31.1 Å².